The highest BCUT2D eigenvalue weighted by Gasteiger charge is 2.17. The molecule has 0 bridgehead atoms. The Morgan fingerprint density at radius 2 is 1.33 bits per heavy atom. The van der Waals surface area contributed by atoms with Crippen LogP contribution < -0.4 is 5.32 Å². The third-order valence-electron chi connectivity index (χ3n) is 5.11. The first-order chi connectivity index (χ1) is 16.1. The molecule has 33 heavy (non-hydrogen) atoms. The van der Waals surface area contributed by atoms with Crippen LogP contribution in [-0.2, 0) is 28.5 Å². The summed E-state index contributed by atoms with van der Waals surface area (Å²) in [7, 11) is 0. The molecule has 1 aliphatic heterocycles. The summed E-state index contributed by atoms with van der Waals surface area (Å²) in [5.41, 5.74) is 0. The number of nitrogens with one attached hydrogen (secondary N) is 1. The number of carboxylic acid groups (broad SMARTS) is 1. The van der Waals surface area contributed by atoms with E-state index in [2.05, 4.69) is 21.0 Å². The molecule has 0 aliphatic carbocycles. The molecule has 10 nitrogen and oxygen atoms in total. The molecule has 1 fully saturated rings. The highest BCUT2D eigenvalue weighted by atomic mass is 16.6. The molecule has 2 N–H and O–H groups in total. The van der Waals surface area contributed by atoms with E-state index in [1.807, 2.05) is 0 Å². The van der Waals surface area contributed by atoms with E-state index in [0.717, 1.165) is 39.3 Å². The van der Waals surface area contributed by atoms with Crippen LogP contribution in [0.25, 0.3) is 0 Å². The number of unbranched alkanes of at least 4 members (excludes halogenated alkanes) is 1. The quantitative estimate of drug-likeness (QED) is 0.177. The lowest BCUT2D eigenvalue weighted by Crippen LogP contribution is -2.48. The number of carbonyl (C=O) groups excluding carboxylic acids is 1. The van der Waals surface area contributed by atoms with Crippen molar-refractivity contribution in [1.82, 2.24) is 15.1 Å². The monoisotopic (exact) mass is 471 g/mol. The third kappa shape index (κ3) is 18.4. The summed E-state index contributed by atoms with van der Waals surface area (Å²) < 4.78 is 21.5. The van der Waals surface area contributed by atoms with Gasteiger partial charge in [-0.3, -0.25) is 14.5 Å². The van der Waals surface area contributed by atoms with E-state index in [1.165, 1.54) is 0 Å². The molecular formula is C23H41N3O7. The molecule has 0 saturated carbocycles. The minimum atomic E-state index is -0.794. The lowest BCUT2D eigenvalue weighted by atomic mass is 10.2. The van der Waals surface area contributed by atoms with Gasteiger partial charge in [0.1, 0.15) is 6.61 Å². The number of amides is 1. The predicted molar refractivity (Wildman–Crippen MR) is 124 cm³/mol. The van der Waals surface area contributed by atoms with Gasteiger partial charge in [0.15, 0.2) is 0 Å². The van der Waals surface area contributed by atoms with Crippen molar-refractivity contribution < 1.29 is 33.6 Å². The molecule has 0 radical (unpaired) electrons. The molecule has 0 aromatic rings. The molecule has 1 heterocycles. The van der Waals surface area contributed by atoms with Crippen LogP contribution in [-0.4, -0.2) is 125 Å². The van der Waals surface area contributed by atoms with Gasteiger partial charge in [0.05, 0.1) is 46.2 Å². The number of ether oxygens (including phenoxy) is 4. The number of carbonyl (C=O) groups is 2. The topological polar surface area (TPSA) is 110 Å². The maximum atomic E-state index is 11.9. The van der Waals surface area contributed by atoms with Crippen LogP contribution in [0.3, 0.4) is 0 Å². The van der Waals surface area contributed by atoms with Gasteiger partial charge < -0.3 is 34.3 Å². The van der Waals surface area contributed by atoms with Crippen molar-refractivity contribution in [3.63, 3.8) is 0 Å². The van der Waals surface area contributed by atoms with Gasteiger partial charge in [-0.1, -0.05) is 5.92 Å². The zero-order valence-corrected chi connectivity index (χ0v) is 19.8. The van der Waals surface area contributed by atoms with Gasteiger partial charge in [0.25, 0.3) is 0 Å². The Morgan fingerprint density at radius 3 is 1.91 bits per heavy atom. The van der Waals surface area contributed by atoms with E-state index in [-0.39, 0.29) is 12.3 Å². The summed E-state index contributed by atoms with van der Waals surface area (Å²) in [6.45, 7) is 10.2. The first-order valence-corrected chi connectivity index (χ1v) is 11.8. The SMILES string of the molecule is C#CCOCCOCCOCCOCCN1CCN(CCC(=O)NCCCCC(=O)O)CC1. The molecule has 0 atom stereocenters. The fourth-order valence-corrected chi connectivity index (χ4v) is 3.20. The van der Waals surface area contributed by atoms with Gasteiger partial charge in [-0.05, 0) is 12.8 Å². The lowest BCUT2D eigenvalue weighted by Gasteiger charge is -2.34. The Kier molecular flexibility index (Phi) is 18.5. The van der Waals surface area contributed by atoms with Gasteiger partial charge in [0, 0.05) is 58.7 Å². The smallest absolute Gasteiger partial charge is 0.303 e. The van der Waals surface area contributed by atoms with Crippen molar-refractivity contribution in [1.29, 1.82) is 0 Å². The molecule has 1 rings (SSSR count). The average Bonchev–Trinajstić information content (AvgIpc) is 2.81. The van der Waals surface area contributed by atoms with Crippen LogP contribution in [0, 0.1) is 12.3 Å². The van der Waals surface area contributed by atoms with Crippen molar-refractivity contribution in [2.45, 2.75) is 25.7 Å². The van der Waals surface area contributed by atoms with Crippen molar-refractivity contribution in [2.75, 3.05) is 98.7 Å². The van der Waals surface area contributed by atoms with Crippen LogP contribution in [0.1, 0.15) is 25.7 Å². The number of aliphatic carboxylic acids is 1. The molecule has 0 unspecified atom stereocenters. The molecule has 1 aliphatic rings. The molecule has 0 aromatic carbocycles. The van der Waals surface area contributed by atoms with E-state index in [4.69, 9.17) is 30.5 Å². The van der Waals surface area contributed by atoms with E-state index in [0.29, 0.717) is 78.7 Å². The van der Waals surface area contributed by atoms with Crippen molar-refractivity contribution in [2.24, 2.45) is 0 Å². The second-order valence-electron chi connectivity index (χ2n) is 7.73. The standard InChI is InChI=1S/C23H41N3O7/c1-2-14-30-16-18-32-20-21-33-19-17-31-15-13-26-11-9-25(10-12-26)8-6-22(27)24-7-4-3-5-23(28)29/h1H,3-21H2,(H,24,27)(H,28,29). The zero-order chi connectivity index (χ0) is 24.0. The highest BCUT2D eigenvalue weighted by Crippen LogP contribution is 2.02. The van der Waals surface area contributed by atoms with Gasteiger partial charge in [0.2, 0.25) is 5.91 Å². The van der Waals surface area contributed by atoms with E-state index < -0.39 is 5.97 Å². The van der Waals surface area contributed by atoms with E-state index >= 15 is 0 Å². The Hall–Kier alpha value is -1.74. The van der Waals surface area contributed by atoms with Gasteiger partial charge in [-0.15, -0.1) is 6.42 Å². The van der Waals surface area contributed by atoms with Crippen LogP contribution >= 0.6 is 0 Å². The number of terminal acetylenes is 1. The largest absolute Gasteiger partial charge is 0.481 e. The van der Waals surface area contributed by atoms with E-state index in [1.54, 1.807) is 0 Å². The van der Waals surface area contributed by atoms with Gasteiger partial charge in [-0.2, -0.15) is 0 Å². The zero-order valence-electron chi connectivity index (χ0n) is 19.8. The molecule has 0 spiro atoms. The Balaban J connectivity index is 1.86. The van der Waals surface area contributed by atoms with Gasteiger partial charge >= 0.3 is 5.97 Å². The minimum absolute atomic E-state index is 0.0315. The average molecular weight is 472 g/mol. The first-order valence-electron chi connectivity index (χ1n) is 11.8. The fraction of sp³-hybridized carbons (Fsp3) is 0.826. The number of rotatable bonds is 21. The third-order valence-corrected chi connectivity index (χ3v) is 5.11. The highest BCUT2D eigenvalue weighted by molar-refractivity contribution is 5.76. The van der Waals surface area contributed by atoms with Crippen LogP contribution in [0.4, 0.5) is 0 Å². The Morgan fingerprint density at radius 1 is 0.788 bits per heavy atom. The predicted octanol–water partition coefficient (Wildman–Crippen LogP) is 0.0648. The van der Waals surface area contributed by atoms with Crippen LogP contribution in [0.2, 0.25) is 0 Å². The number of hydrogen-bond donors (Lipinski definition) is 2. The minimum Gasteiger partial charge on any atom is -0.481 e. The molecular weight excluding hydrogens is 430 g/mol. The summed E-state index contributed by atoms with van der Waals surface area (Å²) in [5, 5.41) is 11.4. The summed E-state index contributed by atoms with van der Waals surface area (Å²) >= 11 is 0. The Bertz CT molecular complexity index is 549. The van der Waals surface area contributed by atoms with Gasteiger partial charge in [-0.25, -0.2) is 0 Å². The Labute approximate surface area is 197 Å². The molecule has 1 saturated heterocycles. The van der Waals surface area contributed by atoms with Crippen molar-refractivity contribution in [3.8, 4) is 12.3 Å². The maximum Gasteiger partial charge on any atom is 0.303 e. The van der Waals surface area contributed by atoms with Crippen LogP contribution in [0.15, 0.2) is 0 Å². The summed E-state index contributed by atoms with van der Waals surface area (Å²) in [5.74, 6) is 1.64. The summed E-state index contributed by atoms with van der Waals surface area (Å²) in [4.78, 5) is 27.0. The summed E-state index contributed by atoms with van der Waals surface area (Å²) in [6, 6.07) is 0. The molecule has 190 valence electrons. The molecule has 1 amide bonds. The fourth-order valence-electron chi connectivity index (χ4n) is 3.20. The van der Waals surface area contributed by atoms with Crippen molar-refractivity contribution >= 4 is 11.9 Å². The van der Waals surface area contributed by atoms with E-state index in [9.17, 15) is 9.59 Å². The van der Waals surface area contributed by atoms with Crippen molar-refractivity contribution in [3.05, 3.63) is 0 Å². The number of piperazine rings is 1. The summed E-state index contributed by atoms with van der Waals surface area (Å²) in [6.07, 6.45) is 7.00. The normalized spacial score (nSPS) is 14.8. The first kappa shape index (κ1) is 29.3. The number of hydrogen-bond acceptors (Lipinski definition) is 8. The lowest BCUT2D eigenvalue weighted by molar-refractivity contribution is -0.137. The van der Waals surface area contributed by atoms with Crippen LogP contribution in [0.5, 0.6) is 0 Å². The number of carboxylic acids is 1. The molecule has 10 heteroatoms. The molecule has 0 aromatic heterocycles. The number of nitrogens with zero attached hydrogens (tertiary/aromatic N) is 2. The second-order valence-corrected chi connectivity index (χ2v) is 7.73. The maximum absolute atomic E-state index is 11.9. The second kappa shape index (κ2) is 20.8.